The lowest BCUT2D eigenvalue weighted by Gasteiger charge is -2.21. The Bertz CT molecular complexity index is 845. The third-order valence-corrected chi connectivity index (χ3v) is 4.61. The monoisotopic (exact) mass is 382 g/mol. The van der Waals surface area contributed by atoms with E-state index < -0.39 is 0 Å². The predicted octanol–water partition coefficient (Wildman–Crippen LogP) is 3.39. The summed E-state index contributed by atoms with van der Waals surface area (Å²) in [4.78, 5) is 34.8. The number of rotatable bonds is 6. The Labute approximate surface area is 165 Å². The van der Waals surface area contributed by atoms with Crippen LogP contribution < -0.4 is 15.0 Å². The molecule has 1 aromatic carbocycles. The van der Waals surface area contributed by atoms with E-state index in [-0.39, 0.29) is 18.3 Å². The average Bonchev–Trinajstić information content (AvgIpc) is 2.96. The molecule has 2 aromatic rings. The van der Waals surface area contributed by atoms with Gasteiger partial charge in [-0.1, -0.05) is 25.0 Å². The number of carbonyl (C=O) groups is 2. The van der Waals surface area contributed by atoms with Crippen molar-refractivity contribution in [3.63, 3.8) is 0 Å². The molecule has 1 N–H and O–H groups in total. The van der Waals surface area contributed by atoms with E-state index in [0.29, 0.717) is 23.1 Å². The maximum Gasteiger partial charge on any atom is 0.262 e. The summed E-state index contributed by atoms with van der Waals surface area (Å²) in [6, 6.07) is 8.55. The highest BCUT2D eigenvalue weighted by Crippen LogP contribution is 2.19. The predicted molar refractivity (Wildman–Crippen MR) is 108 cm³/mol. The first-order valence-corrected chi connectivity index (χ1v) is 9.65. The van der Waals surface area contributed by atoms with Crippen molar-refractivity contribution >= 4 is 23.3 Å². The molecule has 1 saturated heterocycles. The van der Waals surface area contributed by atoms with Crippen LogP contribution in [0.1, 0.15) is 48.7 Å². The zero-order valence-electron chi connectivity index (χ0n) is 16.4. The highest BCUT2D eigenvalue weighted by Gasteiger charge is 2.15. The molecule has 3 rings (SSSR count). The van der Waals surface area contributed by atoms with Gasteiger partial charge in [-0.05, 0) is 38.8 Å². The number of benzene rings is 1. The number of aryl methyl sites for hydroxylation is 1. The van der Waals surface area contributed by atoms with Crippen LogP contribution >= 0.6 is 0 Å². The molecule has 28 heavy (non-hydrogen) atoms. The van der Waals surface area contributed by atoms with Crippen LogP contribution in [0.2, 0.25) is 0 Å². The largest absolute Gasteiger partial charge is 0.467 e. The normalized spacial score (nSPS) is 14.3. The van der Waals surface area contributed by atoms with E-state index in [1.807, 2.05) is 6.92 Å². The fourth-order valence-corrected chi connectivity index (χ4v) is 3.16. The second-order valence-corrected chi connectivity index (χ2v) is 7.02. The number of nitrogens with zero attached hydrogens (tertiary/aromatic N) is 3. The average molecular weight is 382 g/mol. The van der Waals surface area contributed by atoms with Crippen LogP contribution in [0.25, 0.3) is 0 Å². The number of amides is 1. The van der Waals surface area contributed by atoms with E-state index in [9.17, 15) is 9.59 Å². The van der Waals surface area contributed by atoms with Gasteiger partial charge in [-0.25, -0.2) is 4.98 Å². The third-order valence-electron chi connectivity index (χ3n) is 4.61. The van der Waals surface area contributed by atoms with Crippen molar-refractivity contribution in [2.45, 2.75) is 39.5 Å². The van der Waals surface area contributed by atoms with Crippen LogP contribution in [0.4, 0.5) is 11.6 Å². The van der Waals surface area contributed by atoms with E-state index in [2.05, 4.69) is 20.2 Å². The van der Waals surface area contributed by atoms with E-state index >= 15 is 0 Å². The number of anilines is 2. The van der Waals surface area contributed by atoms with Crippen molar-refractivity contribution in [1.29, 1.82) is 0 Å². The Kier molecular flexibility index (Phi) is 6.57. The molecule has 1 aliphatic rings. The minimum absolute atomic E-state index is 0.0511. The zero-order chi connectivity index (χ0) is 19.9. The van der Waals surface area contributed by atoms with Gasteiger partial charge in [0.05, 0.1) is 0 Å². The summed E-state index contributed by atoms with van der Waals surface area (Å²) >= 11 is 0. The van der Waals surface area contributed by atoms with Gasteiger partial charge in [-0.3, -0.25) is 9.59 Å². The molecule has 0 spiro atoms. The van der Waals surface area contributed by atoms with Gasteiger partial charge in [0.2, 0.25) is 11.8 Å². The first-order chi connectivity index (χ1) is 13.5. The molecular weight excluding hydrogens is 356 g/mol. The lowest BCUT2D eigenvalue weighted by atomic mass is 10.1. The minimum Gasteiger partial charge on any atom is -0.467 e. The van der Waals surface area contributed by atoms with Crippen LogP contribution in [-0.2, 0) is 4.79 Å². The maximum absolute atomic E-state index is 12.2. The van der Waals surface area contributed by atoms with Gasteiger partial charge in [0.15, 0.2) is 12.4 Å². The summed E-state index contributed by atoms with van der Waals surface area (Å²) in [5.41, 5.74) is 1.91. The quantitative estimate of drug-likeness (QED) is 0.771. The third kappa shape index (κ3) is 5.52. The van der Waals surface area contributed by atoms with Crippen LogP contribution in [0, 0.1) is 6.92 Å². The summed E-state index contributed by atoms with van der Waals surface area (Å²) in [7, 11) is 0. The Morgan fingerprint density at radius 1 is 1.11 bits per heavy atom. The van der Waals surface area contributed by atoms with Gasteiger partial charge in [-0.15, -0.1) is 0 Å². The Morgan fingerprint density at radius 3 is 2.57 bits per heavy atom. The van der Waals surface area contributed by atoms with Crippen molar-refractivity contribution < 1.29 is 14.3 Å². The Morgan fingerprint density at radius 2 is 1.86 bits per heavy atom. The first-order valence-electron chi connectivity index (χ1n) is 9.65. The standard InChI is InChI=1S/C21H26N4O3/c1-15-12-20(24-21(22-15)25-10-5-3-4-6-11-25)28-14-19(27)23-18-9-7-8-17(13-18)16(2)26/h7-9,12-13H,3-6,10-11,14H2,1-2H3,(H,23,27). The molecule has 0 bridgehead atoms. The van der Waals surface area contributed by atoms with Crippen LogP contribution in [-0.4, -0.2) is 41.4 Å². The second-order valence-electron chi connectivity index (χ2n) is 7.02. The number of Topliss-reactive ketones (excluding diaryl/α,β-unsaturated/α-hetero) is 1. The molecule has 2 heterocycles. The molecule has 1 amide bonds. The molecule has 0 radical (unpaired) electrons. The van der Waals surface area contributed by atoms with Crippen molar-refractivity contribution in [2.75, 3.05) is 29.9 Å². The summed E-state index contributed by atoms with van der Waals surface area (Å²) in [5.74, 6) is 0.684. The molecule has 0 saturated carbocycles. The number of ketones is 1. The Balaban J connectivity index is 1.61. The fraction of sp³-hybridized carbons (Fsp3) is 0.429. The van der Waals surface area contributed by atoms with Gasteiger partial charge in [0, 0.05) is 36.1 Å². The number of hydrogen-bond donors (Lipinski definition) is 1. The molecule has 7 nitrogen and oxygen atoms in total. The lowest BCUT2D eigenvalue weighted by molar-refractivity contribution is -0.118. The second kappa shape index (κ2) is 9.30. The molecule has 0 atom stereocenters. The highest BCUT2D eigenvalue weighted by atomic mass is 16.5. The minimum atomic E-state index is -0.312. The smallest absolute Gasteiger partial charge is 0.262 e. The molecule has 1 aliphatic heterocycles. The maximum atomic E-state index is 12.2. The molecular formula is C21H26N4O3. The van der Waals surface area contributed by atoms with Gasteiger partial charge in [0.25, 0.3) is 5.91 Å². The van der Waals surface area contributed by atoms with E-state index in [4.69, 9.17) is 4.74 Å². The van der Waals surface area contributed by atoms with Crippen LogP contribution in [0.5, 0.6) is 5.88 Å². The van der Waals surface area contributed by atoms with Gasteiger partial charge < -0.3 is 15.0 Å². The summed E-state index contributed by atoms with van der Waals surface area (Å²) < 4.78 is 5.60. The van der Waals surface area contributed by atoms with Crippen molar-refractivity contribution in [1.82, 2.24) is 9.97 Å². The van der Waals surface area contributed by atoms with Crippen molar-refractivity contribution in [2.24, 2.45) is 0 Å². The van der Waals surface area contributed by atoms with Crippen LogP contribution in [0.15, 0.2) is 30.3 Å². The molecule has 1 aromatic heterocycles. The van der Waals surface area contributed by atoms with Gasteiger partial charge in [-0.2, -0.15) is 4.98 Å². The van der Waals surface area contributed by atoms with Crippen molar-refractivity contribution in [3.05, 3.63) is 41.6 Å². The highest BCUT2D eigenvalue weighted by molar-refractivity contribution is 5.97. The van der Waals surface area contributed by atoms with Gasteiger partial charge >= 0.3 is 0 Å². The first kappa shape index (κ1) is 19.8. The lowest BCUT2D eigenvalue weighted by Crippen LogP contribution is -2.26. The topological polar surface area (TPSA) is 84.4 Å². The van der Waals surface area contributed by atoms with E-state index in [0.717, 1.165) is 31.6 Å². The number of ether oxygens (including phenoxy) is 1. The molecule has 0 aliphatic carbocycles. The van der Waals surface area contributed by atoms with E-state index in [1.165, 1.54) is 19.8 Å². The molecule has 148 valence electrons. The zero-order valence-corrected chi connectivity index (χ0v) is 16.4. The number of nitrogens with one attached hydrogen (secondary N) is 1. The molecule has 1 fully saturated rings. The summed E-state index contributed by atoms with van der Waals surface area (Å²) in [6.07, 6.45) is 4.73. The summed E-state index contributed by atoms with van der Waals surface area (Å²) in [5, 5.41) is 2.74. The number of carbonyl (C=O) groups excluding carboxylic acids is 2. The van der Waals surface area contributed by atoms with Crippen LogP contribution in [0.3, 0.4) is 0 Å². The number of aromatic nitrogens is 2. The van der Waals surface area contributed by atoms with Gasteiger partial charge in [0.1, 0.15) is 0 Å². The van der Waals surface area contributed by atoms with Crippen molar-refractivity contribution in [3.8, 4) is 5.88 Å². The molecule has 0 unspecified atom stereocenters. The fourth-order valence-electron chi connectivity index (χ4n) is 3.16. The molecule has 7 heteroatoms. The Hall–Kier alpha value is -2.96. The van der Waals surface area contributed by atoms with E-state index in [1.54, 1.807) is 30.3 Å². The number of hydrogen-bond acceptors (Lipinski definition) is 6. The summed E-state index contributed by atoms with van der Waals surface area (Å²) in [6.45, 7) is 5.10. The SMILES string of the molecule is CC(=O)c1cccc(NC(=O)COc2cc(C)nc(N3CCCCCC3)n2)c1.